The van der Waals surface area contributed by atoms with Crippen LogP contribution in [0, 0.1) is 0 Å². The number of carbonyl (C=O) groups excluding carboxylic acids is 2. The highest BCUT2D eigenvalue weighted by Crippen LogP contribution is 2.18. The SMILES string of the molecule is CC(NC(=O)C(C)(C)O)C(=O)NC1CC1. The van der Waals surface area contributed by atoms with E-state index < -0.39 is 17.6 Å². The standard InChI is InChI=1S/C10H18N2O3/c1-6(8(13)12-7-4-5-7)11-9(14)10(2,3)15/h6-7,15H,4-5H2,1-3H3,(H,11,14)(H,12,13). The van der Waals surface area contributed by atoms with Crippen molar-refractivity contribution >= 4 is 11.8 Å². The maximum Gasteiger partial charge on any atom is 0.252 e. The minimum atomic E-state index is -1.45. The van der Waals surface area contributed by atoms with Crippen LogP contribution in [0.2, 0.25) is 0 Å². The maximum atomic E-state index is 11.4. The second kappa shape index (κ2) is 4.18. The lowest BCUT2D eigenvalue weighted by atomic mass is 10.1. The number of aliphatic hydroxyl groups is 1. The van der Waals surface area contributed by atoms with Crippen molar-refractivity contribution in [3.05, 3.63) is 0 Å². The molecule has 2 amide bonds. The van der Waals surface area contributed by atoms with E-state index in [-0.39, 0.29) is 11.9 Å². The lowest BCUT2D eigenvalue weighted by Crippen LogP contribution is -2.51. The molecule has 0 radical (unpaired) electrons. The average Bonchev–Trinajstić information content (AvgIpc) is 2.86. The topological polar surface area (TPSA) is 78.4 Å². The summed E-state index contributed by atoms with van der Waals surface area (Å²) in [5, 5.41) is 14.6. The summed E-state index contributed by atoms with van der Waals surface area (Å²) in [6.07, 6.45) is 2.02. The molecule has 1 saturated carbocycles. The molecule has 0 aromatic heterocycles. The lowest BCUT2D eigenvalue weighted by molar-refractivity contribution is -0.139. The molecule has 0 heterocycles. The fourth-order valence-corrected chi connectivity index (χ4v) is 0.993. The Morgan fingerprint density at radius 1 is 1.40 bits per heavy atom. The molecule has 1 atom stereocenters. The molecule has 0 aromatic rings. The predicted molar refractivity (Wildman–Crippen MR) is 55.1 cm³/mol. The van der Waals surface area contributed by atoms with Gasteiger partial charge < -0.3 is 15.7 Å². The number of nitrogens with one attached hydrogen (secondary N) is 2. The first-order valence-electron chi connectivity index (χ1n) is 5.14. The van der Waals surface area contributed by atoms with Crippen molar-refractivity contribution in [1.29, 1.82) is 0 Å². The Morgan fingerprint density at radius 2 is 1.93 bits per heavy atom. The third-order valence-corrected chi connectivity index (χ3v) is 2.22. The smallest absolute Gasteiger partial charge is 0.252 e. The first-order valence-corrected chi connectivity index (χ1v) is 5.14. The first kappa shape index (κ1) is 12.0. The van der Waals surface area contributed by atoms with Crippen LogP contribution in [0.4, 0.5) is 0 Å². The fraction of sp³-hybridized carbons (Fsp3) is 0.800. The van der Waals surface area contributed by atoms with E-state index in [1.165, 1.54) is 13.8 Å². The van der Waals surface area contributed by atoms with Gasteiger partial charge in [0, 0.05) is 6.04 Å². The summed E-state index contributed by atoms with van der Waals surface area (Å²) >= 11 is 0. The molecule has 0 bridgehead atoms. The molecule has 5 heteroatoms. The van der Waals surface area contributed by atoms with Crippen molar-refractivity contribution in [3.63, 3.8) is 0 Å². The highest BCUT2D eigenvalue weighted by Gasteiger charge is 2.29. The molecule has 3 N–H and O–H groups in total. The van der Waals surface area contributed by atoms with Crippen LogP contribution in [0.1, 0.15) is 33.6 Å². The Kier molecular flexibility index (Phi) is 3.34. The molecule has 15 heavy (non-hydrogen) atoms. The summed E-state index contributed by atoms with van der Waals surface area (Å²) in [5.74, 6) is -0.740. The Labute approximate surface area is 89.2 Å². The second-order valence-corrected chi connectivity index (χ2v) is 4.54. The van der Waals surface area contributed by atoms with E-state index in [0.29, 0.717) is 0 Å². The van der Waals surface area contributed by atoms with Crippen LogP contribution in [0.3, 0.4) is 0 Å². The van der Waals surface area contributed by atoms with Crippen LogP contribution >= 0.6 is 0 Å². The van der Waals surface area contributed by atoms with Gasteiger partial charge in [0.2, 0.25) is 5.91 Å². The van der Waals surface area contributed by atoms with Gasteiger partial charge in [-0.15, -0.1) is 0 Å². The van der Waals surface area contributed by atoms with E-state index in [0.717, 1.165) is 12.8 Å². The summed E-state index contributed by atoms with van der Waals surface area (Å²) in [5.41, 5.74) is -1.45. The Morgan fingerprint density at radius 3 is 2.33 bits per heavy atom. The predicted octanol–water partition coefficient (Wildman–Crippen LogP) is -0.459. The van der Waals surface area contributed by atoms with E-state index in [2.05, 4.69) is 10.6 Å². The van der Waals surface area contributed by atoms with E-state index in [1.807, 2.05) is 0 Å². The molecule has 0 aliphatic heterocycles. The summed E-state index contributed by atoms with van der Waals surface area (Å²) in [7, 11) is 0. The van der Waals surface area contributed by atoms with E-state index in [1.54, 1.807) is 6.92 Å². The molecule has 1 aliphatic carbocycles. The number of carbonyl (C=O) groups is 2. The van der Waals surface area contributed by atoms with Crippen molar-refractivity contribution in [3.8, 4) is 0 Å². The van der Waals surface area contributed by atoms with Gasteiger partial charge in [0.15, 0.2) is 0 Å². The van der Waals surface area contributed by atoms with Crippen LogP contribution in [0.25, 0.3) is 0 Å². The van der Waals surface area contributed by atoms with Gasteiger partial charge in [-0.2, -0.15) is 0 Å². The molecule has 86 valence electrons. The zero-order chi connectivity index (χ0) is 11.6. The number of hydrogen-bond acceptors (Lipinski definition) is 3. The van der Waals surface area contributed by atoms with Gasteiger partial charge in [-0.05, 0) is 33.6 Å². The highest BCUT2D eigenvalue weighted by molar-refractivity contribution is 5.90. The highest BCUT2D eigenvalue weighted by atomic mass is 16.3. The number of rotatable bonds is 4. The van der Waals surface area contributed by atoms with Gasteiger partial charge in [-0.3, -0.25) is 9.59 Å². The molecular formula is C10H18N2O3. The monoisotopic (exact) mass is 214 g/mol. The van der Waals surface area contributed by atoms with Gasteiger partial charge in [-0.1, -0.05) is 0 Å². The van der Waals surface area contributed by atoms with Gasteiger partial charge >= 0.3 is 0 Å². The molecule has 1 aliphatic rings. The van der Waals surface area contributed by atoms with Gasteiger partial charge in [0.25, 0.3) is 5.91 Å². The van der Waals surface area contributed by atoms with Crippen LogP contribution in [0.5, 0.6) is 0 Å². The third kappa shape index (κ3) is 3.87. The van der Waals surface area contributed by atoms with E-state index >= 15 is 0 Å². The minimum Gasteiger partial charge on any atom is -0.381 e. The molecule has 1 fully saturated rings. The Balaban J connectivity index is 2.36. The van der Waals surface area contributed by atoms with Crippen molar-refractivity contribution in [2.75, 3.05) is 0 Å². The summed E-state index contributed by atoms with van der Waals surface area (Å²) < 4.78 is 0. The molecule has 5 nitrogen and oxygen atoms in total. The third-order valence-electron chi connectivity index (χ3n) is 2.22. The van der Waals surface area contributed by atoms with Gasteiger partial charge in [0.05, 0.1) is 0 Å². The first-order chi connectivity index (χ1) is 6.80. The van der Waals surface area contributed by atoms with Crippen LogP contribution in [-0.2, 0) is 9.59 Å². The average molecular weight is 214 g/mol. The van der Waals surface area contributed by atoms with Crippen LogP contribution in [0.15, 0.2) is 0 Å². The zero-order valence-corrected chi connectivity index (χ0v) is 9.33. The minimum absolute atomic E-state index is 0.199. The number of hydrogen-bond donors (Lipinski definition) is 3. The lowest BCUT2D eigenvalue weighted by Gasteiger charge is -2.20. The van der Waals surface area contributed by atoms with Crippen LogP contribution in [-0.4, -0.2) is 34.6 Å². The van der Waals surface area contributed by atoms with Crippen molar-refractivity contribution in [2.45, 2.75) is 51.3 Å². The molecular weight excluding hydrogens is 196 g/mol. The van der Waals surface area contributed by atoms with Crippen molar-refractivity contribution in [2.24, 2.45) is 0 Å². The Bertz CT molecular complexity index is 266. The van der Waals surface area contributed by atoms with Crippen LogP contribution < -0.4 is 10.6 Å². The molecule has 0 aromatic carbocycles. The van der Waals surface area contributed by atoms with Crippen molar-refractivity contribution in [1.82, 2.24) is 10.6 Å². The summed E-state index contributed by atoms with van der Waals surface area (Å²) in [6, 6.07) is -0.330. The molecule has 1 unspecified atom stereocenters. The maximum absolute atomic E-state index is 11.4. The molecule has 0 spiro atoms. The Hall–Kier alpha value is -1.10. The largest absolute Gasteiger partial charge is 0.381 e. The van der Waals surface area contributed by atoms with Gasteiger partial charge in [0.1, 0.15) is 11.6 Å². The normalized spacial score (nSPS) is 18.1. The molecule has 0 saturated heterocycles. The second-order valence-electron chi connectivity index (χ2n) is 4.54. The van der Waals surface area contributed by atoms with Crippen molar-refractivity contribution < 1.29 is 14.7 Å². The summed E-state index contributed by atoms with van der Waals surface area (Å²) in [4.78, 5) is 22.8. The molecule has 1 rings (SSSR count). The summed E-state index contributed by atoms with van der Waals surface area (Å²) in [6.45, 7) is 4.36. The van der Waals surface area contributed by atoms with E-state index in [9.17, 15) is 14.7 Å². The quantitative estimate of drug-likeness (QED) is 0.592. The zero-order valence-electron chi connectivity index (χ0n) is 9.33. The number of amides is 2. The fourth-order valence-electron chi connectivity index (χ4n) is 0.993. The van der Waals surface area contributed by atoms with Gasteiger partial charge in [-0.25, -0.2) is 0 Å². The van der Waals surface area contributed by atoms with E-state index in [4.69, 9.17) is 0 Å².